The van der Waals surface area contributed by atoms with Gasteiger partial charge in [0.2, 0.25) is 0 Å². The maximum absolute atomic E-state index is 4.76. The molecule has 0 aromatic rings. The number of hydrogen-bond donors (Lipinski definition) is 0. The summed E-state index contributed by atoms with van der Waals surface area (Å²) < 4.78 is 0. The molecular weight excluding hydrogens is 196 g/mol. The standard InChI is InChI=1S/2C2H5.CH2Cl2.Zn/c2*1-2;2-1-3;/h2*1H2,2H3;1H2;. The molecule has 0 heterocycles. The van der Waals surface area contributed by atoms with Crippen LogP contribution < -0.4 is 0 Å². The monoisotopic (exact) mass is 206 g/mol. The fraction of sp³-hybridized carbons (Fsp3) is 1.00. The number of hydrogen-bond acceptors (Lipinski definition) is 0. The van der Waals surface area contributed by atoms with Crippen molar-refractivity contribution in [2.75, 3.05) is 5.34 Å². The molecule has 0 rings (SSSR count). The van der Waals surface area contributed by atoms with E-state index in [0.29, 0.717) is 0 Å². The minimum atomic E-state index is 0.0972. The van der Waals surface area contributed by atoms with Crippen LogP contribution in [0.5, 0.6) is 0 Å². The molecule has 0 aromatic carbocycles. The summed E-state index contributed by atoms with van der Waals surface area (Å²) in [5.74, 6) is 0. The van der Waals surface area contributed by atoms with Crippen LogP contribution in [-0.2, 0) is 17.1 Å². The van der Waals surface area contributed by atoms with Gasteiger partial charge in [0.05, 0.1) is 5.34 Å². The molecule has 0 aliphatic rings. The Labute approximate surface area is 69.5 Å². The van der Waals surface area contributed by atoms with Crippen molar-refractivity contribution in [1.82, 2.24) is 0 Å². The molecule has 8 heavy (non-hydrogen) atoms. The second-order valence-corrected chi connectivity index (χ2v) is 7.94. The molecule has 0 amide bonds. The molecule has 0 spiro atoms. The number of alkyl halides is 2. The molecule has 0 radical (unpaired) electrons. The van der Waals surface area contributed by atoms with Crippen LogP contribution in [0.25, 0.3) is 0 Å². The third kappa shape index (κ3) is 27.0. The molecule has 0 aromatic heterocycles. The maximum Gasteiger partial charge on any atom is 0.0967 e. The molecule has 3 heteroatoms. The predicted molar refractivity (Wildman–Crippen MR) is 37.5 cm³/mol. The average molecular weight is 208 g/mol. The molecule has 0 aliphatic heterocycles. The maximum atomic E-state index is 4.76. The van der Waals surface area contributed by atoms with E-state index < -0.39 is 0 Å². The summed E-state index contributed by atoms with van der Waals surface area (Å²) in [5, 5.41) is 3.26. The van der Waals surface area contributed by atoms with Gasteiger partial charge >= 0.3 is 41.0 Å². The van der Waals surface area contributed by atoms with Crippen LogP contribution in [0.3, 0.4) is 0 Å². The van der Waals surface area contributed by atoms with Gasteiger partial charge in [-0.1, -0.05) is 0 Å². The van der Waals surface area contributed by atoms with Crippen molar-refractivity contribution in [3.05, 3.63) is 0 Å². The zero-order valence-corrected chi connectivity index (χ0v) is 10.1. The minimum absolute atomic E-state index is 0.0972. The molecule has 48 valence electrons. The first-order valence-corrected chi connectivity index (χ1v) is 8.21. The van der Waals surface area contributed by atoms with Crippen LogP contribution in [0, 0.1) is 0 Å². The molecule has 0 unspecified atom stereocenters. The van der Waals surface area contributed by atoms with Gasteiger partial charge in [0.1, 0.15) is 0 Å². The van der Waals surface area contributed by atoms with Crippen molar-refractivity contribution in [3.63, 3.8) is 0 Å². The van der Waals surface area contributed by atoms with E-state index in [1.54, 1.807) is 0 Å². The second kappa shape index (κ2) is 15.7. The first kappa shape index (κ1) is 11.9. The summed E-state index contributed by atoms with van der Waals surface area (Å²) in [6, 6.07) is 0. The normalized spacial score (nSPS) is 6.50. The Hall–Kier alpha value is 1.20. The van der Waals surface area contributed by atoms with E-state index in [1.807, 2.05) is 0 Å². The van der Waals surface area contributed by atoms with Crippen LogP contribution in [0.15, 0.2) is 0 Å². The van der Waals surface area contributed by atoms with E-state index >= 15 is 0 Å². The topological polar surface area (TPSA) is 0 Å². The van der Waals surface area contributed by atoms with E-state index in [2.05, 4.69) is 13.8 Å². The van der Waals surface area contributed by atoms with Crippen LogP contribution >= 0.6 is 23.2 Å². The van der Waals surface area contributed by atoms with E-state index in [0.717, 1.165) is 0 Å². The molecule has 0 fully saturated rings. The predicted octanol–water partition coefficient (Wildman–Crippen LogP) is 3.37. The van der Waals surface area contributed by atoms with Gasteiger partial charge in [-0.15, -0.1) is 23.2 Å². The first-order valence-electron chi connectivity index (χ1n) is 2.95. The molecule has 0 aliphatic carbocycles. The van der Waals surface area contributed by atoms with E-state index in [1.165, 1.54) is 10.0 Å². The SMILES string of the molecule is C[CH2][Zn][CH2]C.ClCCl. The van der Waals surface area contributed by atoms with Gasteiger partial charge < -0.3 is 0 Å². The van der Waals surface area contributed by atoms with Crippen molar-refractivity contribution in [1.29, 1.82) is 0 Å². The average Bonchev–Trinajstić information content (AvgIpc) is 1.71. The van der Waals surface area contributed by atoms with Crippen LogP contribution in [0.1, 0.15) is 13.8 Å². The third-order valence-corrected chi connectivity index (χ3v) is 3.67. The second-order valence-electron chi connectivity index (χ2n) is 1.45. The summed E-state index contributed by atoms with van der Waals surface area (Å²) in [6.45, 7) is 4.59. The molecule has 0 saturated carbocycles. The van der Waals surface area contributed by atoms with Crippen molar-refractivity contribution in [3.8, 4) is 0 Å². The zero-order chi connectivity index (χ0) is 6.83. The Morgan fingerprint density at radius 3 is 1.38 bits per heavy atom. The fourth-order valence-electron chi connectivity index (χ4n) is 0.354. The molecule has 0 bridgehead atoms. The summed E-state index contributed by atoms with van der Waals surface area (Å²) >= 11 is 9.62. The van der Waals surface area contributed by atoms with Crippen molar-refractivity contribution < 1.29 is 17.1 Å². The third-order valence-electron chi connectivity index (χ3n) is 0.707. The Bertz CT molecular complexity index is 24.4. The molecular formula is C5H12Cl2Zn. The van der Waals surface area contributed by atoms with Crippen LogP contribution in [0.2, 0.25) is 10.0 Å². The quantitative estimate of drug-likeness (QED) is 0.482. The Morgan fingerprint density at radius 2 is 1.38 bits per heavy atom. The molecule has 0 atom stereocenters. The zero-order valence-electron chi connectivity index (χ0n) is 5.58. The Balaban J connectivity index is 0. The van der Waals surface area contributed by atoms with Gasteiger partial charge in [-0.05, 0) is 0 Å². The van der Waals surface area contributed by atoms with Crippen molar-refractivity contribution >= 4 is 23.2 Å². The van der Waals surface area contributed by atoms with Crippen molar-refractivity contribution in [2.45, 2.75) is 23.9 Å². The Morgan fingerprint density at radius 1 is 1.12 bits per heavy atom. The van der Waals surface area contributed by atoms with Crippen LogP contribution in [0.4, 0.5) is 0 Å². The summed E-state index contributed by atoms with van der Waals surface area (Å²) in [6.07, 6.45) is 0. The molecule has 0 saturated heterocycles. The van der Waals surface area contributed by atoms with Crippen molar-refractivity contribution in [2.24, 2.45) is 0 Å². The smallest absolute Gasteiger partial charge is 0.0967 e. The van der Waals surface area contributed by atoms with E-state index in [-0.39, 0.29) is 22.5 Å². The van der Waals surface area contributed by atoms with Gasteiger partial charge in [0, 0.05) is 0 Å². The van der Waals surface area contributed by atoms with Gasteiger partial charge in [-0.2, -0.15) is 0 Å². The fourth-order valence-corrected chi connectivity index (χ4v) is 1.84. The number of rotatable bonds is 2. The van der Waals surface area contributed by atoms with Gasteiger partial charge in [-0.3, -0.25) is 0 Å². The first-order chi connectivity index (χ1) is 3.83. The summed E-state index contributed by atoms with van der Waals surface area (Å²) in [7, 11) is 0. The number of halogens is 2. The van der Waals surface area contributed by atoms with E-state index in [4.69, 9.17) is 23.2 Å². The van der Waals surface area contributed by atoms with Gasteiger partial charge in [0.15, 0.2) is 0 Å². The van der Waals surface area contributed by atoms with Gasteiger partial charge in [-0.25, -0.2) is 0 Å². The summed E-state index contributed by atoms with van der Waals surface area (Å²) in [4.78, 5) is 0. The summed E-state index contributed by atoms with van der Waals surface area (Å²) in [5.41, 5.74) is 0. The van der Waals surface area contributed by atoms with E-state index in [9.17, 15) is 0 Å². The minimum Gasteiger partial charge on any atom is -0.109 e. The van der Waals surface area contributed by atoms with Gasteiger partial charge in [0.25, 0.3) is 0 Å². The largest absolute Gasteiger partial charge is 0.109 e. The molecule has 0 N–H and O–H groups in total. The molecule has 0 nitrogen and oxygen atoms in total. The Kier molecular flexibility index (Phi) is 23.5. The van der Waals surface area contributed by atoms with Crippen LogP contribution in [-0.4, -0.2) is 5.34 Å².